The third-order valence-electron chi connectivity index (χ3n) is 5.47. The minimum Gasteiger partial charge on any atom is -0.298 e. The zero-order chi connectivity index (χ0) is 18.8. The number of Topliss-reactive ketones (excluding diaryl/α,β-unsaturated/α-hetero) is 1. The van der Waals surface area contributed by atoms with Crippen LogP contribution >= 0.6 is 0 Å². The van der Waals surface area contributed by atoms with Gasteiger partial charge in [-0.1, -0.05) is 19.1 Å². The van der Waals surface area contributed by atoms with Crippen molar-refractivity contribution in [3.63, 3.8) is 0 Å². The van der Waals surface area contributed by atoms with Gasteiger partial charge >= 0.3 is 0 Å². The molecule has 3 aromatic rings. The highest BCUT2D eigenvalue weighted by Gasteiger charge is 2.18. The summed E-state index contributed by atoms with van der Waals surface area (Å²) in [5.74, 6) is 1.03. The summed E-state index contributed by atoms with van der Waals surface area (Å²) in [7, 11) is 1.92. The molecule has 0 unspecified atom stereocenters. The number of pyridine rings is 1. The molecule has 0 spiro atoms. The molecular weight excluding hydrogens is 336 g/mol. The SMILES string of the molecule is CC1CCN(CC(=O)Cc2cc3cc(-c4cnn(C)c4)ccc3cn2)CC1. The van der Waals surface area contributed by atoms with E-state index in [1.54, 1.807) is 4.68 Å². The van der Waals surface area contributed by atoms with Crippen LogP contribution in [0.4, 0.5) is 0 Å². The van der Waals surface area contributed by atoms with Gasteiger partial charge in [0.2, 0.25) is 0 Å². The average Bonchev–Trinajstić information content (AvgIpc) is 3.09. The van der Waals surface area contributed by atoms with Crippen LogP contribution < -0.4 is 0 Å². The first-order chi connectivity index (χ1) is 13.1. The standard InChI is InChI=1S/C22H26N4O/c1-16-5-7-26(8-6-16)15-22(27)11-21-10-19-9-17(3-4-18(19)12-23-21)20-13-24-25(2)14-20/h3-4,9-10,12-14,16H,5-8,11,15H2,1-2H3. The Kier molecular flexibility index (Phi) is 5.03. The van der Waals surface area contributed by atoms with Crippen LogP contribution in [-0.4, -0.2) is 45.1 Å². The topological polar surface area (TPSA) is 51.0 Å². The summed E-state index contributed by atoms with van der Waals surface area (Å²) in [6.07, 6.45) is 8.53. The Labute approximate surface area is 160 Å². The molecule has 0 N–H and O–H groups in total. The van der Waals surface area contributed by atoms with E-state index >= 15 is 0 Å². The Morgan fingerprint density at radius 1 is 1.11 bits per heavy atom. The molecule has 0 saturated carbocycles. The number of aryl methyl sites for hydroxylation is 1. The molecule has 1 aliphatic rings. The van der Waals surface area contributed by atoms with E-state index in [2.05, 4.69) is 40.1 Å². The van der Waals surface area contributed by atoms with E-state index < -0.39 is 0 Å². The summed E-state index contributed by atoms with van der Waals surface area (Å²) in [4.78, 5) is 19.3. The first kappa shape index (κ1) is 17.9. The van der Waals surface area contributed by atoms with Crippen molar-refractivity contribution < 1.29 is 4.79 Å². The molecular formula is C22H26N4O. The van der Waals surface area contributed by atoms with Gasteiger partial charge in [0.1, 0.15) is 0 Å². The zero-order valence-corrected chi connectivity index (χ0v) is 16.1. The van der Waals surface area contributed by atoms with E-state index in [1.807, 2.05) is 31.7 Å². The largest absolute Gasteiger partial charge is 0.298 e. The van der Waals surface area contributed by atoms with Crippen LogP contribution in [0.5, 0.6) is 0 Å². The van der Waals surface area contributed by atoms with E-state index in [9.17, 15) is 4.79 Å². The molecule has 2 aromatic heterocycles. The molecule has 0 bridgehead atoms. The van der Waals surface area contributed by atoms with Gasteiger partial charge in [-0.15, -0.1) is 0 Å². The number of carbonyl (C=O) groups is 1. The van der Waals surface area contributed by atoms with Gasteiger partial charge in [0.25, 0.3) is 0 Å². The van der Waals surface area contributed by atoms with Crippen molar-refractivity contribution in [3.8, 4) is 11.1 Å². The average molecular weight is 362 g/mol. The highest BCUT2D eigenvalue weighted by molar-refractivity contribution is 5.88. The minimum absolute atomic E-state index is 0.250. The van der Waals surface area contributed by atoms with Crippen molar-refractivity contribution in [3.05, 3.63) is 48.5 Å². The van der Waals surface area contributed by atoms with Crippen molar-refractivity contribution >= 4 is 16.6 Å². The van der Waals surface area contributed by atoms with Crippen molar-refractivity contribution in [1.29, 1.82) is 0 Å². The number of hydrogen-bond donors (Lipinski definition) is 0. The normalized spacial score (nSPS) is 16.1. The predicted molar refractivity (Wildman–Crippen MR) is 107 cm³/mol. The fourth-order valence-electron chi connectivity index (χ4n) is 3.76. The zero-order valence-electron chi connectivity index (χ0n) is 16.1. The molecule has 1 aromatic carbocycles. The van der Waals surface area contributed by atoms with Crippen LogP contribution in [0, 0.1) is 5.92 Å². The number of carbonyl (C=O) groups excluding carboxylic acids is 1. The smallest absolute Gasteiger partial charge is 0.152 e. The molecule has 5 heteroatoms. The summed E-state index contributed by atoms with van der Waals surface area (Å²) in [6, 6.07) is 8.35. The lowest BCUT2D eigenvalue weighted by molar-refractivity contribution is -0.119. The molecule has 0 atom stereocenters. The molecule has 140 valence electrons. The van der Waals surface area contributed by atoms with Gasteiger partial charge in [-0.3, -0.25) is 19.4 Å². The molecule has 1 fully saturated rings. The summed E-state index contributed by atoms with van der Waals surface area (Å²) in [5.41, 5.74) is 3.07. The van der Waals surface area contributed by atoms with E-state index in [4.69, 9.17) is 0 Å². The Morgan fingerprint density at radius 2 is 1.93 bits per heavy atom. The Hall–Kier alpha value is -2.53. The van der Waals surface area contributed by atoms with Gasteiger partial charge in [-0.2, -0.15) is 5.10 Å². The first-order valence-electron chi connectivity index (χ1n) is 9.68. The molecule has 27 heavy (non-hydrogen) atoms. The number of ketones is 1. The van der Waals surface area contributed by atoms with Crippen molar-refractivity contribution in [2.24, 2.45) is 13.0 Å². The second-order valence-electron chi connectivity index (χ2n) is 7.81. The molecule has 5 nitrogen and oxygen atoms in total. The second-order valence-corrected chi connectivity index (χ2v) is 7.81. The number of aromatic nitrogens is 3. The monoisotopic (exact) mass is 362 g/mol. The summed E-state index contributed by atoms with van der Waals surface area (Å²) < 4.78 is 1.80. The summed E-state index contributed by atoms with van der Waals surface area (Å²) in [6.45, 7) is 4.90. The third-order valence-corrected chi connectivity index (χ3v) is 5.47. The minimum atomic E-state index is 0.250. The van der Waals surface area contributed by atoms with E-state index in [1.165, 1.54) is 12.8 Å². The number of fused-ring (bicyclic) bond motifs is 1. The molecule has 4 rings (SSSR count). The van der Waals surface area contributed by atoms with Crippen molar-refractivity contribution in [2.45, 2.75) is 26.2 Å². The quantitative estimate of drug-likeness (QED) is 0.697. The summed E-state index contributed by atoms with van der Waals surface area (Å²) >= 11 is 0. The van der Waals surface area contributed by atoms with E-state index in [0.717, 1.165) is 46.6 Å². The molecule has 1 saturated heterocycles. The van der Waals surface area contributed by atoms with E-state index in [0.29, 0.717) is 13.0 Å². The van der Waals surface area contributed by atoms with E-state index in [-0.39, 0.29) is 5.78 Å². The molecule has 1 aliphatic heterocycles. The van der Waals surface area contributed by atoms with Gasteiger partial charge in [0.05, 0.1) is 19.2 Å². The van der Waals surface area contributed by atoms with Crippen molar-refractivity contribution in [2.75, 3.05) is 19.6 Å². The van der Waals surface area contributed by atoms with Gasteiger partial charge in [-0.25, -0.2) is 0 Å². The lowest BCUT2D eigenvalue weighted by Gasteiger charge is -2.29. The number of rotatable bonds is 5. The number of hydrogen-bond acceptors (Lipinski definition) is 4. The lowest BCUT2D eigenvalue weighted by atomic mass is 9.99. The maximum Gasteiger partial charge on any atom is 0.152 e. The molecule has 0 aliphatic carbocycles. The van der Waals surface area contributed by atoms with Gasteiger partial charge < -0.3 is 0 Å². The number of benzene rings is 1. The number of piperidine rings is 1. The van der Waals surface area contributed by atoms with Crippen LogP contribution in [0.2, 0.25) is 0 Å². The third kappa shape index (κ3) is 4.25. The van der Waals surface area contributed by atoms with Gasteiger partial charge in [0.15, 0.2) is 5.78 Å². The van der Waals surface area contributed by atoms with Crippen molar-refractivity contribution in [1.82, 2.24) is 19.7 Å². The number of nitrogens with zero attached hydrogens (tertiary/aromatic N) is 4. The maximum atomic E-state index is 12.5. The van der Waals surface area contributed by atoms with Gasteiger partial charge in [-0.05, 0) is 54.9 Å². The van der Waals surface area contributed by atoms with Gasteiger partial charge in [0, 0.05) is 36.1 Å². The van der Waals surface area contributed by atoms with Crippen LogP contribution in [0.25, 0.3) is 21.9 Å². The maximum absolute atomic E-state index is 12.5. The molecule has 3 heterocycles. The highest BCUT2D eigenvalue weighted by atomic mass is 16.1. The Bertz CT molecular complexity index is 954. The highest BCUT2D eigenvalue weighted by Crippen LogP contribution is 2.24. The molecule has 0 radical (unpaired) electrons. The Balaban J connectivity index is 1.48. The predicted octanol–water partition coefficient (Wildman–Crippen LogP) is 3.48. The fraction of sp³-hybridized carbons (Fsp3) is 0.409. The summed E-state index contributed by atoms with van der Waals surface area (Å²) in [5, 5.41) is 6.44. The van der Waals surface area contributed by atoms with Crippen LogP contribution in [0.3, 0.4) is 0 Å². The second kappa shape index (κ2) is 7.61. The van der Waals surface area contributed by atoms with Crippen LogP contribution in [-0.2, 0) is 18.3 Å². The molecule has 0 amide bonds. The number of likely N-dealkylation sites (tertiary alicyclic amines) is 1. The fourth-order valence-corrected chi connectivity index (χ4v) is 3.76. The van der Waals surface area contributed by atoms with Crippen LogP contribution in [0.1, 0.15) is 25.5 Å². The first-order valence-corrected chi connectivity index (χ1v) is 9.68. The Morgan fingerprint density at radius 3 is 2.67 bits per heavy atom. The lowest BCUT2D eigenvalue weighted by Crippen LogP contribution is -2.37. The van der Waals surface area contributed by atoms with Crippen LogP contribution in [0.15, 0.2) is 42.9 Å².